The molecule has 1 aromatic rings. The Balaban J connectivity index is 3.29. The van der Waals surface area contributed by atoms with Gasteiger partial charge in [-0.25, -0.2) is 8.42 Å². The third kappa shape index (κ3) is 3.20. The van der Waals surface area contributed by atoms with E-state index in [1.807, 2.05) is 0 Å². The lowest BCUT2D eigenvalue weighted by Crippen LogP contribution is -2.04. The molecular formula is C10H7ClN4O2S. The molecule has 0 aliphatic rings. The van der Waals surface area contributed by atoms with Gasteiger partial charge in [0.05, 0.1) is 10.7 Å². The highest BCUT2D eigenvalue weighted by Gasteiger charge is 2.17. The van der Waals surface area contributed by atoms with Crippen molar-refractivity contribution in [3.05, 3.63) is 23.2 Å². The summed E-state index contributed by atoms with van der Waals surface area (Å²) in [4.78, 5) is -0.134. The first-order valence-electron chi connectivity index (χ1n) is 4.52. The van der Waals surface area contributed by atoms with Crippen molar-refractivity contribution < 1.29 is 8.42 Å². The van der Waals surface area contributed by atoms with Crippen molar-refractivity contribution in [2.75, 3.05) is 11.7 Å². The lowest BCUT2D eigenvalue weighted by molar-refractivity contribution is 0.602. The van der Waals surface area contributed by atoms with Crippen molar-refractivity contribution in [3.63, 3.8) is 0 Å². The summed E-state index contributed by atoms with van der Waals surface area (Å²) in [5.74, 6) is 0. The van der Waals surface area contributed by atoms with Gasteiger partial charge in [-0.15, -0.1) is 0 Å². The van der Waals surface area contributed by atoms with E-state index in [0.29, 0.717) is 0 Å². The Bertz CT molecular complexity index is 667. The van der Waals surface area contributed by atoms with Crippen molar-refractivity contribution in [1.29, 1.82) is 10.5 Å². The quantitative estimate of drug-likeness (QED) is 0.669. The summed E-state index contributed by atoms with van der Waals surface area (Å²) in [7, 11) is -3.56. The molecule has 0 aliphatic carbocycles. The number of rotatable bonds is 3. The molecule has 6 nitrogen and oxygen atoms in total. The number of hydrazone groups is 1. The zero-order valence-electron chi connectivity index (χ0n) is 9.18. The Morgan fingerprint density at radius 3 is 2.50 bits per heavy atom. The van der Waals surface area contributed by atoms with Gasteiger partial charge >= 0.3 is 0 Å². The van der Waals surface area contributed by atoms with Gasteiger partial charge in [-0.3, -0.25) is 5.43 Å². The van der Waals surface area contributed by atoms with Crippen molar-refractivity contribution in [2.45, 2.75) is 4.90 Å². The normalized spacial score (nSPS) is 10.0. The monoisotopic (exact) mass is 282 g/mol. The average molecular weight is 283 g/mol. The van der Waals surface area contributed by atoms with Gasteiger partial charge in [-0.05, 0) is 12.1 Å². The van der Waals surface area contributed by atoms with Crippen molar-refractivity contribution >= 4 is 32.8 Å². The number of benzene rings is 1. The van der Waals surface area contributed by atoms with Crippen LogP contribution in [0.2, 0.25) is 5.02 Å². The topological polar surface area (TPSA) is 106 Å². The molecule has 0 aliphatic heterocycles. The fourth-order valence-corrected chi connectivity index (χ4v) is 2.70. The number of nitrogens with zero attached hydrogens (tertiary/aromatic N) is 3. The van der Waals surface area contributed by atoms with Gasteiger partial charge in [0.2, 0.25) is 5.71 Å². The molecule has 0 bridgehead atoms. The number of nitrogens with one attached hydrogen (secondary N) is 1. The SMILES string of the molecule is CS(=O)(=O)c1c(Cl)cccc1NN=C(C#N)C#N. The first-order chi connectivity index (χ1) is 8.40. The van der Waals surface area contributed by atoms with E-state index >= 15 is 0 Å². The molecule has 8 heteroatoms. The number of halogens is 1. The van der Waals surface area contributed by atoms with Crippen LogP contribution < -0.4 is 5.43 Å². The van der Waals surface area contributed by atoms with Crippen LogP contribution in [0.25, 0.3) is 0 Å². The summed E-state index contributed by atoms with van der Waals surface area (Å²) >= 11 is 5.80. The van der Waals surface area contributed by atoms with Crippen LogP contribution in [0.15, 0.2) is 28.2 Å². The predicted octanol–water partition coefficient (Wildman–Crippen LogP) is 1.56. The third-order valence-electron chi connectivity index (χ3n) is 1.84. The van der Waals surface area contributed by atoms with Gasteiger partial charge in [0.15, 0.2) is 9.84 Å². The minimum absolute atomic E-state index is 0.0353. The summed E-state index contributed by atoms with van der Waals surface area (Å²) in [5, 5.41) is 20.5. The molecule has 92 valence electrons. The number of hydrogen-bond acceptors (Lipinski definition) is 6. The minimum atomic E-state index is -3.56. The van der Waals surface area contributed by atoms with Crippen molar-refractivity contribution in [2.24, 2.45) is 5.10 Å². The van der Waals surface area contributed by atoms with Crippen LogP contribution in [-0.4, -0.2) is 20.4 Å². The average Bonchev–Trinajstić information content (AvgIpc) is 2.28. The Labute approximate surface area is 109 Å². The molecule has 0 saturated carbocycles. The first kappa shape index (κ1) is 14.0. The van der Waals surface area contributed by atoms with Gasteiger partial charge in [0.25, 0.3) is 0 Å². The molecule has 1 N–H and O–H groups in total. The highest BCUT2D eigenvalue weighted by Crippen LogP contribution is 2.29. The Kier molecular flexibility index (Phi) is 4.27. The second-order valence-electron chi connectivity index (χ2n) is 3.18. The summed E-state index contributed by atoms with van der Waals surface area (Å²) in [6, 6.07) is 7.45. The van der Waals surface area contributed by atoms with E-state index in [1.54, 1.807) is 0 Å². The van der Waals surface area contributed by atoms with E-state index in [1.165, 1.54) is 30.3 Å². The molecule has 0 heterocycles. The minimum Gasteiger partial charge on any atom is -0.275 e. The van der Waals surface area contributed by atoms with Crippen LogP contribution in [0.4, 0.5) is 5.69 Å². The highest BCUT2D eigenvalue weighted by atomic mass is 35.5. The lowest BCUT2D eigenvalue weighted by atomic mass is 10.3. The molecule has 1 aromatic carbocycles. The van der Waals surface area contributed by atoms with Crippen molar-refractivity contribution in [3.8, 4) is 12.1 Å². The molecule has 0 radical (unpaired) electrons. The maximum absolute atomic E-state index is 11.6. The van der Waals surface area contributed by atoms with Gasteiger partial charge < -0.3 is 0 Å². The number of hydrogen-bond donors (Lipinski definition) is 1. The molecule has 0 fully saturated rings. The van der Waals surface area contributed by atoms with Crippen LogP contribution in [-0.2, 0) is 9.84 Å². The second-order valence-corrected chi connectivity index (χ2v) is 5.54. The zero-order chi connectivity index (χ0) is 13.8. The molecule has 0 saturated heterocycles. The van der Waals surface area contributed by atoms with Gasteiger partial charge in [0, 0.05) is 6.26 Å². The maximum atomic E-state index is 11.6. The Morgan fingerprint density at radius 2 is 2.00 bits per heavy atom. The highest BCUT2D eigenvalue weighted by molar-refractivity contribution is 7.91. The van der Waals surface area contributed by atoms with E-state index in [9.17, 15) is 8.42 Å². The van der Waals surface area contributed by atoms with Gasteiger partial charge in [-0.2, -0.15) is 15.6 Å². The van der Waals surface area contributed by atoms with Crippen LogP contribution in [0.5, 0.6) is 0 Å². The fraction of sp³-hybridized carbons (Fsp3) is 0.100. The predicted molar refractivity (Wildman–Crippen MR) is 66.8 cm³/mol. The Morgan fingerprint density at radius 1 is 1.39 bits per heavy atom. The number of nitriles is 2. The second kappa shape index (κ2) is 5.50. The van der Waals surface area contributed by atoms with E-state index in [2.05, 4.69) is 10.5 Å². The summed E-state index contributed by atoms with van der Waals surface area (Å²) in [6.07, 6.45) is 0.999. The molecule has 0 spiro atoms. The standard InChI is InChI=1S/C10H7ClN4O2S/c1-18(16,17)10-8(11)3-2-4-9(10)15-14-7(5-12)6-13/h2-4,15H,1H3. The largest absolute Gasteiger partial charge is 0.275 e. The molecule has 0 atom stereocenters. The fourth-order valence-electron chi connectivity index (χ4n) is 1.16. The van der Waals surface area contributed by atoms with Crippen molar-refractivity contribution in [1.82, 2.24) is 0 Å². The van der Waals surface area contributed by atoms with Crippen LogP contribution in [0.1, 0.15) is 0 Å². The first-order valence-corrected chi connectivity index (χ1v) is 6.79. The molecule has 0 unspecified atom stereocenters. The summed E-state index contributed by atoms with van der Waals surface area (Å²) < 4.78 is 23.1. The molecular weight excluding hydrogens is 276 g/mol. The third-order valence-corrected chi connectivity index (χ3v) is 3.45. The Hall–Kier alpha value is -2.09. The number of anilines is 1. The van der Waals surface area contributed by atoms with Gasteiger partial charge in [-0.1, -0.05) is 17.7 Å². The number of sulfone groups is 1. The van der Waals surface area contributed by atoms with Crippen LogP contribution in [0.3, 0.4) is 0 Å². The van der Waals surface area contributed by atoms with Crippen LogP contribution in [0, 0.1) is 22.7 Å². The van der Waals surface area contributed by atoms with E-state index in [4.69, 9.17) is 22.1 Å². The molecule has 1 rings (SSSR count). The van der Waals surface area contributed by atoms with E-state index < -0.39 is 15.5 Å². The van der Waals surface area contributed by atoms with Crippen LogP contribution >= 0.6 is 11.6 Å². The molecule has 18 heavy (non-hydrogen) atoms. The summed E-state index contributed by atoms with van der Waals surface area (Å²) in [5.41, 5.74) is 2.02. The lowest BCUT2D eigenvalue weighted by Gasteiger charge is -2.08. The van der Waals surface area contributed by atoms with E-state index in [-0.39, 0.29) is 15.6 Å². The molecule has 0 amide bonds. The zero-order valence-corrected chi connectivity index (χ0v) is 10.7. The summed E-state index contributed by atoms with van der Waals surface area (Å²) in [6.45, 7) is 0. The maximum Gasteiger partial charge on any atom is 0.237 e. The van der Waals surface area contributed by atoms with Gasteiger partial charge in [0.1, 0.15) is 17.0 Å². The molecule has 0 aromatic heterocycles. The van der Waals surface area contributed by atoms with E-state index in [0.717, 1.165) is 6.26 Å². The smallest absolute Gasteiger partial charge is 0.237 e.